The van der Waals surface area contributed by atoms with Gasteiger partial charge in [-0.15, -0.1) is 0 Å². The van der Waals surface area contributed by atoms with Crippen molar-refractivity contribution >= 4 is 21.6 Å². The van der Waals surface area contributed by atoms with E-state index in [2.05, 4.69) is 4.72 Å². The summed E-state index contributed by atoms with van der Waals surface area (Å²) in [6, 6.07) is 11.9. The summed E-state index contributed by atoms with van der Waals surface area (Å²) in [6.07, 6.45) is 0. The lowest BCUT2D eigenvalue weighted by Gasteiger charge is -2.10. The number of aliphatic hydroxyl groups excluding tert-OH is 1. The molecule has 0 aromatic heterocycles. The summed E-state index contributed by atoms with van der Waals surface area (Å²) in [6.45, 7) is 1.82. The van der Waals surface area contributed by atoms with Crippen LogP contribution in [-0.2, 0) is 23.2 Å². The second kappa shape index (κ2) is 6.58. The molecule has 0 heterocycles. The van der Waals surface area contributed by atoms with Crippen molar-refractivity contribution in [3.63, 3.8) is 0 Å². The molecule has 0 unspecified atom stereocenters. The van der Waals surface area contributed by atoms with Crippen molar-refractivity contribution < 1.29 is 13.5 Å². The summed E-state index contributed by atoms with van der Waals surface area (Å²) in [5.74, 6) is 0. The third kappa shape index (κ3) is 3.83. The number of nitrogens with one attached hydrogen (secondary N) is 1. The molecule has 0 atom stereocenters. The molecule has 0 radical (unpaired) electrons. The number of hydrogen-bond donors (Lipinski definition) is 2. The fourth-order valence-corrected chi connectivity index (χ4v) is 3.41. The topological polar surface area (TPSA) is 66.4 Å². The Labute approximate surface area is 129 Å². The van der Waals surface area contributed by atoms with Crippen LogP contribution in [0.5, 0.6) is 0 Å². The average molecular weight is 326 g/mol. The monoisotopic (exact) mass is 325 g/mol. The van der Waals surface area contributed by atoms with Gasteiger partial charge in [-0.1, -0.05) is 41.9 Å². The van der Waals surface area contributed by atoms with Gasteiger partial charge in [0.1, 0.15) is 0 Å². The van der Waals surface area contributed by atoms with Gasteiger partial charge in [0.2, 0.25) is 10.0 Å². The Balaban J connectivity index is 2.15. The molecule has 0 aliphatic heterocycles. The molecule has 0 aliphatic rings. The molecule has 2 rings (SSSR count). The normalized spacial score (nSPS) is 11.6. The largest absolute Gasteiger partial charge is 0.392 e. The molecular weight excluding hydrogens is 310 g/mol. The maximum absolute atomic E-state index is 12.3. The highest BCUT2D eigenvalue weighted by Gasteiger charge is 2.17. The first kappa shape index (κ1) is 16.0. The number of sulfonamides is 1. The maximum Gasteiger partial charge on any atom is 0.241 e. The first-order chi connectivity index (χ1) is 9.94. The summed E-state index contributed by atoms with van der Waals surface area (Å²) in [5, 5.41) is 9.39. The van der Waals surface area contributed by atoms with Gasteiger partial charge in [0.15, 0.2) is 0 Å². The predicted octanol–water partition coefficient (Wildman–Crippen LogP) is 2.62. The molecule has 0 bridgehead atoms. The molecule has 2 N–H and O–H groups in total. The van der Waals surface area contributed by atoms with Gasteiger partial charge in [0.05, 0.1) is 11.5 Å². The zero-order valence-corrected chi connectivity index (χ0v) is 13.1. The van der Waals surface area contributed by atoms with Crippen molar-refractivity contribution in [3.05, 3.63) is 64.2 Å². The zero-order chi connectivity index (χ0) is 15.5. The number of hydrogen-bond acceptors (Lipinski definition) is 3. The summed E-state index contributed by atoms with van der Waals surface area (Å²) in [7, 11) is -3.61. The van der Waals surface area contributed by atoms with Crippen molar-refractivity contribution in [3.8, 4) is 0 Å². The first-order valence-electron chi connectivity index (χ1n) is 6.37. The van der Waals surface area contributed by atoms with Crippen molar-refractivity contribution in [1.29, 1.82) is 0 Å². The molecular formula is C15H16ClNO3S. The van der Waals surface area contributed by atoms with Gasteiger partial charge < -0.3 is 5.11 Å². The Bertz CT molecular complexity index is 727. The zero-order valence-electron chi connectivity index (χ0n) is 11.5. The maximum atomic E-state index is 12.3. The molecule has 0 aliphatic carbocycles. The highest BCUT2D eigenvalue weighted by molar-refractivity contribution is 7.89. The minimum atomic E-state index is -3.61. The van der Waals surface area contributed by atoms with E-state index < -0.39 is 10.0 Å². The van der Waals surface area contributed by atoms with Gasteiger partial charge in [0, 0.05) is 11.6 Å². The SMILES string of the molecule is Cc1c(Cl)cccc1S(=O)(=O)NCc1ccc(CO)cc1. The van der Waals surface area contributed by atoms with Crippen LogP contribution in [-0.4, -0.2) is 13.5 Å². The van der Waals surface area contributed by atoms with Crippen LogP contribution in [0.2, 0.25) is 5.02 Å². The Morgan fingerprint density at radius 3 is 2.33 bits per heavy atom. The lowest BCUT2D eigenvalue weighted by atomic mass is 10.1. The standard InChI is InChI=1S/C15H16ClNO3S/c1-11-14(16)3-2-4-15(11)21(19,20)17-9-12-5-7-13(10-18)8-6-12/h2-8,17-18H,9-10H2,1H3. The minimum Gasteiger partial charge on any atom is -0.392 e. The van der Waals surface area contributed by atoms with Gasteiger partial charge in [-0.2, -0.15) is 0 Å². The summed E-state index contributed by atoms with van der Waals surface area (Å²) < 4.78 is 27.1. The second-order valence-corrected chi connectivity index (χ2v) is 6.80. The molecule has 6 heteroatoms. The van der Waals surface area contributed by atoms with Crippen LogP contribution >= 0.6 is 11.6 Å². The van der Waals surface area contributed by atoms with E-state index in [-0.39, 0.29) is 18.0 Å². The lowest BCUT2D eigenvalue weighted by Crippen LogP contribution is -2.24. The number of benzene rings is 2. The molecule has 0 saturated carbocycles. The van der Waals surface area contributed by atoms with E-state index in [9.17, 15) is 8.42 Å². The Morgan fingerprint density at radius 1 is 1.10 bits per heavy atom. The third-order valence-electron chi connectivity index (χ3n) is 3.18. The van der Waals surface area contributed by atoms with Crippen LogP contribution in [0.4, 0.5) is 0 Å². The van der Waals surface area contributed by atoms with Crippen molar-refractivity contribution in [2.75, 3.05) is 0 Å². The van der Waals surface area contributed by atoms with Gasteiger partial charge in [-0.25, -0.2) is 13.1 Å². The third-order valence-corrected chi connectivity index (χ3v) is 5.13. The number of rotatable bonds is 5. The Morgan fingerprint density at radius 2 is 1.71 bits per heavy atom. The minimum absolute atomic E-state index is 0.0340. The molecule has 112 valence electrons. The predicted molar refractivity (Wildman–Crippen MR) is 82.6 cm³/mol. The van der Waals surface area contributed by atoms with E-state index in [1.165, 1.54) is 6.07 Å². The molecule has 0 saturated heterocycles. The van der Waals surface area contributed by atoms with E-state index in [1.807, 2.05) is 0 Å². The van der Waals surface area contributed by atoms with E-state index in [4.69, 9.17) is 16.7 Å². The Hall–Kier alpha value is -1.40. The van der Waals surface area contributed by atoms with Gasteiger partial charge in [-0.3, -0.25) is 0 Å². The van der Waals surface area contributed by atoms with Gasteiger partial charge in [0.25, 0.3) is 0 Å². The Kier molecular flexibility index (Phi) is 5.00. The molecule has 2 aromatic carbocycles. The molecule has 0 amide bonds. The quantitative estimate of drug-likeness (QED) is 0.888. The van der Waals surface area contributed by atoms with E-state index in [0.29, 0.717) is 10.6 Å². The molecule has 0 spiro atoms. The lowest BCUT2D eigenvalue weighted by molar-refractivity contribution is 0.282. The smallest absolute Gasteiger partial charge is 0.241 e. The fourth-order valence-electron chi connectivity index (χ4n) is 1.90. The van der Waals surface area contributed by atoms with Crippen LogP contribution in [0, 0.1) is 6.92 Å². The van der Waals surface area contributed by atoms with Crippen LogP contribution < -0.4 is 4.72 Å². The first-order valence-corrected chi connectivity index (χ1v) is 8.23. The highest BCUT2D eigenvalue weighted by atomic mass is 35.5. The van der Waals surface area contributed by atoms with Gasteiger partial charge >= 0.3 is 0 Å². The number of aliphatic hydroxyl groups is 1. The molecule has 0 fully saturated rings. The van der Waals surface area contributed by atoms with E-state index in [0.717, 1.165) is 11.1 Å². The van der Waals surface area contributed by atoms with Crippen LogP contribution in [0.1, 0.15) is 16.7 Å². The van der Waals surface area contributed by atoms with E-state index in [1.54, 1.807) is 43.3 Å². The highest BCUT2D eigenvalue weighted by Crippen LogP contribution is 2.22. The summed E-state index contributed by atoms with van der Waals surface area (Å²) in [4.78, 5) is 0.182. The van der Waals surface area contributed by atoms with Gasteiger partial charge in [-0.05, 0) is 35.7 Å². The fraction of sp³-hybridized carbons (Fsp3) is 0.200. The summed E-state index contributed by atoms with van der Waals surface area (Å²) in [5.41, 5.74) is 2.13. The van der Waals surface area contributed by atoms with Crippen LogP contribution in [0.15, 0.2) is 47.4 Å². The molecule has 2 aromatic rings. The van der Waals surface area contributed by atoms with Crippen molar-refractivity contribution in [1.82, 2.24) is 4.72 Å². The van der Waals surface area contributed by atoms with E-state index >= 15 is 0 Å². The van der Waals surface area contributed by atoms with Crippen LogP contribution in [0.25, 0.3) is 0 Å². The summed E-state index contributed by atoms with van der Waals surface area (Å²) >= 11 is 5.95. The average Bonchev–Trinajstić information content (AvgIpc) is 2.48. The molecule has 21 heavy (non-hydrogen) atoms. The second-order valence-electron chi connectivity index (χ2n) is 4.66. The molecule has 4 nitrogen and oxygen atoms in total. The van der Waals surface area contributed by atoms with Crippen LogP contribution in [0.3, 0.4) is 0 Å². The van der Waals surface area contributed by atoms with Crippen molar-refractivity contribution in [2.24, 2.45) is 0 Å². The van der Waals surface area contributed by atoms with Crippen molar-refractivity contribution in [2.45, 2.75) is 25.0 Å². The number of halogens is 1.